The van der Waals surface area contributed by atoms with Gasteiger partial charge in [0.1, 0.15) is 6.26 Å². The maximum atomic E-state index is 12.6. The van der Waals surface area contributed by atoms with Crippen LogP contribution < -0.4 is 5.32 Å². The number of alkyl halides is 3. The summed E-state index contributed by atoms with van der Waals surface area (Å²) in [6.45, 7) is 0.976. The van der Waals surface area contributed by atoms with Crippen LogP contribution in [0.3, 0.4) is 0 Å². The molecule has 3 rings (SSSR count). The van der Waals surface area contributed by atoms with Gasteiger partial charge in [-0.1, -0.05) is 0 Å². The van der Waals surface area contributed by atoms with Crippen LogP contribution in [0.1, 0.15) is 39.1 Å². The Morgan fingerprint density at radius 1 is 1.04 bits per heavy atom. The molecule has 1 fully saturated rings. The summed E-state index contributed by atoms with van der Waals surface area (Å²) >= 11 is 0. The summed E-state index contributed by atoms with van der Waals surface area (Å²) in [4.78, 5) is 26.1. The van der Waals surface area contributed by atoms with Crippen LogP contribution in [0.2, 0.25) is 0 Å². The van der Waals surface area contributed by atoms with E-state index < -0.39 is 17.6 Å². The largest absolute Gasteiger partial charge is 0.472 e. The van der Waals surface area contributed by atoms with Crippen LogP contribution in [0.4, 0.5) is 13.2 Å². The molecule has 2 aromatic rings. The van der Waals surface area contributed by atoms with E-state index in [1.165, 1.54) is 12.5 Å². The number of nitrogens with one attached hydrogen (secondary N) is 1. The highest BCUT2D eigenvalue weighted by atomic mass is 19.4. The van der Waals surface area contributed by atoms with E-state index in [1.54, 1.807) is 11.0 Å². The molecule has 0 bridgehead atoms. The molecule has 1 aromatic carbocycles. The number of halogens is 3. The van der Waals surface area contributed by atoms with Crippen LogP contribution in [0.5, 0.6) is 0 Å². The highest BCUT2D eigenvalue weighted by Crippen LogP contribution is 2.29. The zero-order chi connectivity index (χ0) is 18.7. The summed E-state index contributed by atoms with van der Waals surface area (Å²) in [6.07, 6.45) is -0.444. The van der Waals surface area contributed by atoms with Gasteiger partial charge in [-0.05, 0) is 43.2 Å². The highest BCUT2D eigenvalue weighted by Gasteiger charge is 2.30. The van der Waals surface area contributed by atoms with Crippen LogP contribution in [0.25, 0.3) is 0 Å². The molecule has 2 heterocycles. The van der Waals surface area contributed by atoms with E-state index in [0.717, 1.165) is 24.3 Å². The summed E-state index contributed by atoms with van der Waals surface area (Å²) in [5.74, 6) is -0.537. The van der Waals surface area contributed by atoms with Crippen LogP contribution in [0.15, 0.2) is 47.3 Å². The molecule has 0 atom stereocenters. The molecule has 1 saturated heterocycles. The molecule has 8 heteroatoms. The third-order valence-electron chi connectivity index (χ3n) is 4.36. The number of hydrogen-bond acceptors (Lipinski definition) is 3. The lowest BCUT2D eigenvalue weighted by Crippen LogP contribution is -2.46. The van der Waals surface area contributed by atoms with E-state index in [9.17, 15) is 22.8 Å². The van der Waals surface area contributed by atoms with Gasteiger partial charge in [0.2, 0.25) is 0 Å². The first kappa shape index (κ1) is 18.0. The Morgan fingerprint density at radius 2 is 1.69 bits per heavy atom. The van der Waals surface area contributed by atoms with Crippen molar-refractivity contribution < 1.29 is 27.2 Å². The minimum absolute atomic E-state index is 0.119. The van der Waals surface area contributed by atoms with Crippen molar-refractivity contribution >= 4 is 11.8 Å². The molecule has 5 nitrogen and oxygen atoms in total. The van der Waals surface area contributed by atoms with Crippen molar-refractivity contribution in [3.63, 3.8) is 0 Å². The van der Waals surface area contributed by atoms with Crippen molar-refractivity contribution in [1.82, 2.24) is 10.2 Å². The van der Waals surface area contributed by atoms with Gasteiger partial charge < -0.3 is 14.6 Å². The molecule has 1 N–H and O–H groups in total. The minimum atomic E-state index is -4.43. The van der Waals surface area contributed by atoms with Gasteiger partial charge in [0.15, 0.2) is 0 Å². The second kappa shape index (κ2) is 7.23. The normalized spacial score (nSPS) is 15.7. The Kier molecular flexibility index (Phi) is 5.01. The van der Waals surface area contributed by atoms with Crippen molar-refractivity contribution in [3.8, 4) is 0 Å². The standard InChI is InChI=1S/C18H17F3N2O3/c19-18(20,21)14-3-1-12(2-4-14)16(24)22-15-5-8-23(9-6-15)17(25)13-7-10-26-11-13/h1-4,7,10-11,15H,5-6,8-9H2,(H,22,24). The van der Waals surface area contributed by atoms with Crippen molar-refractivity contribution in [3.05, 3.63) is 59.5 Å². The fraction of sp³-hybridized carbons (Fsp3) is 0.333. The lowest BCUT2D eigenvalue weighted by molar-refractivity contribution is -0.137. The quantitative estimate of drug-likeness (QED) is 0.906. The second-order valence-corrected chi connectivity index (χ2v) is 6.13. The van der Waals surface area contributed by atoms with Gasteiger partial charge in [0.05, 0.1) is 17.4 Å². The van der Waals surface area contributed by atoms with Crippen molar-refractivity contribution in [1.29, 1.82) is 0 Å². The summed E-state index contributed by atoms with van der Waals surface area (Å²) < 4.78 is 42.6. The molecule has 0 aliphatic carbocycles. The maximum Gasteiger partial charge on any atom is 0.416 e. The second-order valence-electron chi connectivity index (χ2n) is 6.13. The molecule has 1 aliphatic heterocycles. The Bertz CT molecular complexity index is 762. The lowest BCUT2D eigenvalue weighted by atomic mass is 10.0. The molecule has 0 saturated carbocycles. The molecular weight excluding hydrogens is 349 g/mol. The first-order valence-electron chi connectivity index (χ1n) is 8.14. The summed E-state index contributed by atoms with van der Waals surface area (Å²) in [5.41, 5.74) is -0.132. The molecule has 1 aromatic heterocycles. The lowest BCUT2D eigenvalue weighted by Gasteiger charge is -2.32. The topological polar surface area (TPSA) is 62.6 Å². The van der Waals surface area contributed by atoms with Crippen molar-refractivity contribution in [2.45, 2.75) is 25.1 Å². The van der Waals surface area contributed by atoms with E-state index in [0.29, 0.717) is 31.5 Å². The van der Waals surface area contributed by atoms with Gasteiger partial charge in [-0.25, -0.2) is 0 Å². The number of piperidine rings is 1. The molecule has 138 valence electrons. The monoisotopic (exact) mass is 366 g/mol. The zero-order valence-electron chi connectivity index (χ0n) is 13.8. The number of rotatable bonds is 3. The average molecular weight is 366 g/mol. The number of carbonyl (C=O) groups is 2. The molecule has 2 amide bonds. The van der Waals surface area contributed by atoms with Crippen LogP contribution >= 0.6 is 0 Å². The predicted molar refractivity (Wildman–Crippen MR) is 86.5 cm³/mol. The molecule has 0 radical (unpaired) electrons. The van der Waals surface area contributed by atoms with E-state index in [-0.39, 0.29) is 17.5 Å². The Hall–Kier alpha value is -2.77. The molecule has 1 aliphatic rings. The molecule has 0 spiro atoms. The SMILES string of the molecule is O=C(NC1CCN(C(=O)c2ccoc2)CC1)c1ccc(C(F)(F)F)cc1. The Labute approximate surface area is 147 Å². The van der Waals surface area contributed by atoms with E-state index in [4.69, 9.17) is 4.42 Å². The third-order valence-corrected chi connectivity index (χ3v) is 4.36. The molecular formula is C18H17F3N2O3. The van der Waals surface area contributed by atoms with Gasteiger partial charge in [-0.15, -0.1) is 0 Å². The predicted octanol–water partition coefficient (Wildman–Crippen LogP) is 3.33. The van der Waals surface area contributed by atoms with Crippen LogP contribution in [-0.4, -0.2) is 35.8 Å². The fourth-order valence-corrected chi connectivity index (χ4v) is 2.87. The van der Waals surface area contributed by atoms with E-state index in [1.807, 2.05) is 0 Å². The maximum absolute atomic E-state index is 12.6. The number of hydrogen-bond donors (Lipinski definition) is 1. The number of benzene rings is 1. The van der Waals surface area contributed by atoms with E-state index >= 15 is 0 Å². The molecule has 26 heavy (non-hydrogen) atoms. The van der Waals surface area contributed by atoms with Gasteiger partial charge in [-0.3, -0.25) is 9.59 Å². The minimum Gasteiger partial charge on any atom is -0.472 e. The fourth-order valence-electron chi connectivity index (χ4n) is 2.87. The third kappa shape index (κ3) is 4.07. The van der Waals surface area contributed by atoms with Crippen molar-refractivity contribution in [2.24, 2.45) is 0 Å². The molecule has 0 unspecified atom stereocenters. The van der Waals surface area contributed by atoms with Gasteiger partial charge in [0.25, 0.3) is 11.8 Å². The van der Waals surface area contributed by atoms with Crippen LogP contribution in [-0.2, 0) is 6.18 Å². The summed E-state index contributed by atoms with van der Waals surface area (Å²) in [6, 6.07) is 5.58. The van der Waals surface area contributed by atoms with Crippen molar-refractivity contribution in [2.75, 3.05) is 13.1 Å². The Morgan fingerprint density at radius 3 is 2.23 bits per heavy atom. The highest BCUT2D eigenvalue weighted by molar-refractivity contribution is 5.95. The van der Waals surface area contributed by atoms with E-state index in [2.05, 4.69) is 5.32 Å². The van der Waals surface area contributed by atoms with Gasteiger partial charge in [0, 0.05) is 24.7 Å². The number of furan rings is 1. The number of likely N-dealkylation sites (tertiary alicyclic amines) is 1. The first-order valence-corrected chi connectivity index (χ1v) is 8.14. The number of amides is 2. The number of nitrogens with zero attached hydrogens (tertiary/aromatic N) is 1. The number of carbonyl (C=O) groups excluding carboxylic acids is 2. The smallest absolute Gasteiger partial charge is 0.416 e. The van der Waals surface area contributed by atoms with Gasteiger partial charge >= 0.3 is 6.18 Å². The van der Waals surface area contributed by atoms with Crippen LogP contribution in [0, 0.1) is 0 Å². The average Bonchev–Trinajstić information content (AvgIpc) is 3.16. The first-order chi connectivity index (χ1) is 12.3. The summed E-state index contributed by atoms with van der Waals surface area (Å²) in [5, 5.41) is 2.81. The Balaban J connectivity index is 1.53. The zero-order valence-corrected chi connectivity index (χ0v) is 13.8. The summed E-state index contributed by atoms with van der Waals surface area (Å²) in [7, 11) is 0. The van der Waals surface area contributed by atoms with Gasteiger partial charge in [-0.2, -0.15) is 13.2 Å².